The van der Waals surface area contributed by atoms with Crippen LogP contribution in [-0.4, -0.2) is 72.9 Å². The molecule has 0 fully saturated rings. The number of allylic oxidation sites excluding steroid dienone is 1. The number of hydrogen-bond acceptors (Lipinski definition) is 7. The zero-order valence-corrected chi connectivity index (χ0v) is 18.0. The fraction of sp³-hybridized carbons (Fsp3) is 0.316. The largest absolute Gasteiger partial charge is 0.310 e. The Hall–Kier alpha value is -3.18. The van der Waals surface area contributed by atoms with Crippen molar-refractivity contribution in [3.63, 3.8) is 0 Å². The van der Waals surface area contributed by atoms with Crippen molar-refractivity contribution >= 4 is 27.6 Å². The lowest BCUT2D eigenvalue weighted by Crippen LogP contribution is -2.40. The molecular formula is C19H23N7O3S. The molecular weight excluding hydrogens is 406 g/mol. The normalized spacial score (nSPS) is 16.8. The van der Waals surface area contributed by atoms with Crippen molar-refractivity contribution < 1.29 is 13.2 Å². The van der Waals surface area contributed by atoms with Gasteiger partial charge in [-0.3, -0.25) is 9.89 Å². The highest BCUT2D eigenvalue weighted by molar-refractivity contribution is 7.89. The summed E-state index contributed by atoms with van der Waals surface area (Å²) in [6, 6.07) is 5.00. The molecule has 0 spiro atoms. The Morgan fingerprint density at radius 2 is 2.07 bits per heavy atom. The van der Waals surface area contributed by atoms with Crippen molar-refractivity contribution in [2.24, 2.45) is 0 Å². The average Bonchev–Trinajstić information content (AvgIpc) is 3.21. The van der Waals surface area contributed by atoms with Gasteiger partial charge in [0.2, 0.25) is 0 Å². The van der Waals surface area contributed by atoms with Gasteiger partial charge in [0.25, 0.3) is 15.9 Å². The van der Waals surface area contributed by atoms with Crippen LogP contribution in [0, 0.1) is 0 Å². The molecule has 30 heavy (non-hydrogen) atoms. The first kappa shape index (κ1) is 20.1. The minimum atomic E-state index is -3.68. The summed E-state index contributed by atoms with van der Waals surface area (Å²) in [5.41, 5.74) is 1.20. The molecule has 10 nitrogen and oxygen atoms in total. The average molecular weight is 430 g/mol. The van der Waals surface area contributed by atoms with E-state index >= 15 is 0 Å². The first-order chi connectivity index (χ1) is 14.3. The molecule has 0 saturated heterocycles. The van der Waals surface area contributed by atoms with Gasteiger partial charge in [0.15, 0.2) is 5.03 Å². The highest BCUT2D eigenvalue weighted by atomic mass is 32.2. The summed E-state index contributed by atoms with van der Waals surface area (Å²) in [4.78, 5) is 23.0. The lowest BCUT2D eigenvalue weighted by atomic mass is 10.2. The van der Waals surface area contributed by atoms with E-state index in [0.29, 0.717) is 36.0 Å². The van der Waals surface area contributed by atoms with Crippen LogP contribution in [0.5, 0.6) is 0 Å². The van der Waals surface area contributed by atoms with E-state index in [-0.39, 0.29) is 10.9 Å². The Balaban J connectivity index is 1.87. The van der Waals surface area contributed by atoms with E-state index in [1.807, 2.05) is 28.9 Å². The minimum absolute atomic E-state index is 0.0705. The molecule has 2 aromatic heterocycles. The van der Waals surface area contributed by atoms with Gasteiger partial charge in [-0.05, 0) is 25.1 Å². The molecule has 0 aromatic carbocycles. The predicted molar refractivity (Wildman–Crippen MR) is 112 cm³/mol. The highest BCUT2D eigenvalue weighted by Crippen LogP contribution is 2.35. The van der Waals surface area contributed by atoms with E-state index in [0.717, 1.165) is 10.1 Å². The number of nitrogens with one attached hydrogen (secondary N) is 1. The summed E-state index contributed by atoms with van der Waals surface area (Å²) >= 11 is 0. The van der Waals surface area contributed by atoms with Gasteiger partial charge < -0.3 is 14.7 Å². The van der Waals surface area contributed by atoms with Gasteiger partial charge in [-0.15, -0.1) is 0 Å². The quantitative estimate of drug-likeness (QED) is 0.779. The van der Waals surface area contributed by atoms with E-state index in [1.54, 1.807) is 30.3 Å². The molecule has 0 radical (unpaired) electrons. The highest BCUT2D eigenvalue weighted by Gasteiger charge is 2.35. The maximum absolute atomic E-state index is 13.1. The topological polar surface area (TPSA) is 106 Å². The Kier molecular flexibility index (Phi) is 4.86. The number of amides is 1. The zero-order valence-electron chi connectivity index (χ0n) is 17.2. The second kappa shape index (κ2) is 7.26. The molecule has 0 aliphatic carbocycles. The number of rotatable bonds is 4. The second-order valence-electron chi connectivity index (χ2n) is 7.08. The summed E-state index contributed by atoms with van der Waals surface area (Å²) in [7, 11) is 0.959. The van der Waals surface area contributed by atoms with Crippen LogP contribution in [0.4, 0.5) is 11.6 Å². The van der Waals surface area contributed by atoms with Crippen LogP contribution in [0.15, 0.2) is 53.1 Å². The van der Waals surface area contributed by atoms with Gasteiger partial charge in [0.1, 0.15) is 17.5 Å². The first-order valence-electron chi connectivity index (χ1n) is 9.44. The van der Waals surface area contributed by atoms with Crippen molar-refractivity contribution in [3.05, 3.63) is 53.6 Å². The predicted octanol–water partition coefficient (Wildman–Crippen LogP) is 1.21. The number of sulfonamides is 1. The Bertz CT molecular complexity index is 1170. The molecule has 1 amide bonds. The molecule has 2 aliphatic heterocycles. The summed E-state index contributed by atoms with van der Waals surface area (Å²) in [5.74, 6) is 1.63. The van der Waals surface area contributed by atoms with Crippen LogP contribution >= 0.6 is 0 Å². The SMILES string of the molecule is CCN1C2=C(C=CCN2c2cc(S(=O)(=O)N(C)C)n[nH]2)N(C)C(=O)c2cccnc21. The Morgan fingerprint density at radius 1 is 1.30 bits per heavy atom. The molecule has 4 rings (SSSR count). The van der Waals surface area contributed by atoms with Crippen molar-refractivity contribution in [1.29, 1.82) is 0 Å². The van der Waals surface area contributed by atoms with Crippen LogP contribution in [0.3, 0.4) is 0 Å². The number of aromatic nitrogens is 3. The lowest BCUT2D eigenvalue weighted by Gasteiger charge is -2.36. The summed E-state index contributed by atoms with van der Waals surface area (Å²) in [6.45, 7) is 3.01. The monoisotopic (exact) mass is 429 g/mol. The number of likely N-dealkylation sites (N-methyl/N-ethyl adjacent to an activating group) is 1. The van der Waals surface area contributed by atoms with E-state index in [1.165, 1.54) is 20.2 Å². The summed E-state index contributed by atoms with van der Waals surface area (Å²) < 4.78 is 26.1. The smallest absolute Gasteiger partial charge is 0.261 e. The third-order valence-corrected chi connectivity index (χ3v) is 6.83. The summed E-state index contributed by atoms with van der Waals surface area (Å²) in [6.07, 6.45) is 5.47. The van der Waals surface area contributed by atoms with E-state index in [2.05, 4.69) is 15.2 Å². The number of nitrogens with zero attached hydrogens (tertiary/aromatic N) is 6. The maximum Gasteiger partial charge on any atom is 0.261 e. The van der Waals surface area contributed by atoms with Crippen LogP contribution in [-0.2, 0) is 10.0 Å². The number of carbonyl (C=O) groups excluding carboxylic acids is 1. The first-order valence-corrected chi connectivity index (χ1v) is 10.9. The van der Waals surface area contributed by atoms with Gasteiger partial charge in [-0.25, -0.2) is 17.7 Å². The number of anilines is 2. The van der Waals surface area contributed by atoms with Gasteiger partial charge in [0.05, 0.1) is 11.3 Å². The number of carbonyl (C=O) groups is 1. The third kappa shape index (κ3) is 2.97. The standard InChI is InChI=1S/C19H23N7O3S/c1-5-25-17-13(8-6-10-20-17)19(27)24(4)14-9-7-11-26(18(14)25)15-12-16(22-21-15)30(28,29)23(2)3/h6-10,12H,5,11H2,1-4H3,(H,21,22). The van der Waals surface area contributed by atoms with E-state index in [9.17, 15) is 13.2 Å². The molecule has 1 N–H and O–H groups in total. The molecule has 0 unspecified atom stereocenters. The van der Waals surface area contributed by atoms with Gasteiger partial charge in [0, 0.05) is 46.5 Å². The lowest BCUT2D eigenvalue weighted by molar-refractivity contribution is 0.0841. The van der Waals surface area contributed by atoms with Gasteiger partial charge in [-0.2, -0.15) is 5.10 Å². The molecule has 11 heteroatoms. The molecule has 2 aliphatic rings. The van der Waals surface area contributed by atoms with E-state index < -0.39 is 10.0 Å². The molecule has 158 valence electrons. The second-order valence-corrected chi connectivity index (χ2v) is 9.18. The third-order valence-electron chi connectivity index (χ3n) is 5.14. The molecule has 2 aromatic rings. The Morgan fingerprint density at radius 3 is 2.77 bits per heavy atom. The number of hydrogen-bond donors (Lipinski definition) is 1. The number of H-pyrrole nitrogens is 1. The Labute approximate surface area is 175 Å². The summed E-state index contributed by atoms with van der Waals surface area (Å²) in [5, 5.41) is 6.78. The van der Waals surface area contributed by atoms with Gasteiger partial charge in [-0.1, -0.05) is 6.08 Å². The van der Waals surface area contributed by atoms with Crippen molar-refractivity contribution in [3.8, 4) is 0 Å². The molecule has 4 heterocycles. The minimum Gasteiger partial charge on any atom is -0.310 e. The number of fused-ring (bicyclic) bond motifs is 1. The maximum atomic E-state index is 13.1. The van der Waals surface area contributed by atoms with Crippen LogP contribution in [0.25, 0.3) is 0 Å². The number of aromatic amines is 1. The molecule has 0 saturated carbocycles. The van der Waals surface area contributed by atoms with Crippen molar-refractivity contribution in [2.45, 2.75) is 11.9 Å². The van der Waals surface area contributed by atoms with Crippen molar-refractivity contribution in [1.82, 2.24) is 24.4 Å². The number of pyridine rings is 1. The van der Waals surface area contributed by atoms with Crippen LogP contribution < -0.4 is 9.80 Å². The van der Waals surface area contributed by atoms with Crippen molar-refractivity contribution in [2.75, 3.05) is 44.0 Å². The van der Waals surface area contributed by atoms with E-state index in [4.69, 9.17) is 0 Å². The van der Waals surface area contributed by atoms with Gasteiger partial charge >= 0.3 is 0 Å². The van der Waals surface area contributed by atoms with Crippen LogP contribution in [0.1, 0.15) is 17.3 Å². The van der Waals surface area contributed by atoms with Crippen LogP contribution in [0.2, 0.25) is 0 Å². The fourth-order valence-corrected chi connectivity index (χ4v) is 4.34. The molecule has 0 bridgehead atoms. The molecule has 0 atom stereocenters. The zero-order chi connectivity index (χ0) is 21.6. The fourth-order valence-electron chi connectivity index (χ4n) is 3.55.